The lowest BCUT2D eigenvalue weighted by molar-refractivity contribution is 0.295. The highest BCUT2D eigenvalue weighted by Gasteiger charge is 2.17. The number of benzene rings is 1. The van der Waals surface area contributed by atoms with Gasteiger partial charge in [0.05, 0.1) is 11.7 Å². The fourth-order valence-electron chi connectivity index (χ4n) is 2.79. The second-order valence-corrected chi connectivity index (χ2v) is 5.33. The van der Waals surface area contributed by atoms with Gasteiger partial charge in [0.25, 0.3) is 0 Å². The van der Waals surface area contributed by atoms with Crippen molar-refractivity contribution in [2.24, 2.45) is 5.73 Å². The van der Waals surface area contributed by atoms with Crippen LogP contribution in [0.2, 0.25) is 0 Å². The summed E-state index contributed by atoms with van der Waals surface area (Å²) in [6.45, 7) is 0.990. The normalized spacial score (nSPS) is 15.7. The highest BCUT2D eigenvalue weighted by atomic mass is 16.5. The first-order valence-corrected chi connectivity index (χ1v) is 7.31. The molecule has 1 heterocycles. The molecule has 0 unspecified atom stereocenters. The number of hydrogen-bond acceptors (Lipinski definition) is 3. The zero-order chi connectivity index (χ0) is 13.8. The summed E-state index contributed by atoms with van der Waals surface area (Å²) in [5.74, 6) is 0.852. The van der Waals surface area contributed by atoms with E-state index in [1.165, 1.54) is 25.7 Å². The SMILES string of the molecule is NCc1ccccc1OCc1ccn(C2CCCC2)n1. The molecule has 1 aromatic carbocycles. The lowest BCUT2D eigenvalue weighted by Gasteiger charge is -2.10. The zero-order valence-corrected chi connectivity index (χ0v) is 11.7. The molecule has 0 bridgehead atoms. The Morgan fingerprint density at radius 1 is 1.20 bits per heavy atom. The Bertz CT molecular complexity index is 558. The van der Waals surface area contributed by atoms with Crippen LogP contribution in [0.5, 0.6) is 5.75 Å². The number of aromatic nitrogens is 2. The second kappa shape index (κ2) is 6.09. The molecular weight excluding hydrogens is 250 g/mol. The molecule has 2 aromatic rings. The molecule has 4 heteroatoms. The first kappa shape index (κ1) is 13.2. The summed E-state index contributed by atoms with van der Waals surface area (Å²) >= 11 is 0. The van der Waals surface area contributed by atoms with Gasteiger partial charge in [0, 0.05) is 18.3 Å². The molecule has 1 fully saturated rings. The zero-order valence-electron chi connectivity index (χ0n) is 11.7. The Kier molecular flexibility index (Phi) is 4.02. The number of rotatable bonds is 5. The third-order valence-corrected chi connectivity index (χ3v) is 3.93. The van der Waals surface area contributed by atoms with Crippen molar-refractivity contribution in [2.45, 2.75) is 44.9 Å². The number of para-hydroxylation sites is 1. The predicted octanol–water partition coefficient (Wildman–Crippen LogP) is 3.04. The Hall–Kier alpha value is -1.81. The Morgan fingerprint density at radius 3 is 2.80 bits per heavy atom. The number of hydrogen-bond donors (Lipinski definition) is 1. The average molecular weight is 271 g/mol. The molecule has 0 atom stereocenters. The monoisotopic (exact) mass is 271 g/mol. The first-order chi connectivity index (χ1) is 9.86. The van der Waals surface area contributed by atoms with Gasteiger partial charge >= 0.3 is 0 Å². The highest BCUT2D eigenvalue weighted by molar-refractivity contribution is 5.33. The van der Waals surface area contributed by atoms with Crippen LogP contribution in [0.4, 0.5) is 0 Å². The van der Waals surface area contributed by atoms with Crippen molar-refractivity contribution in [3.63, 3.8) is 0 Å². The molecule has 2 N–H and O–H groups in total. The van der Waals surface area contributed by atoms with Crippen LogP contribution in [0.3, 0.4) is 0 Å². The van der Waals surface area contributed by atoms with Crippen LogP contribution in [0.15, 0.2) is 36.5 Å². The Morgan fingerprint density at radius 2 is 2.00 bits per heavy atom. The number of nitrogens with zero attached hydrogens (tertiary/aromatic N) is 2. The number of nitrogens with two attached hydrogens (primary N) is 1. The van der Waals surface area contributed by atoms with Gasteiger partial charge in [0.15, 0.2) is 0 Å². The van der Waals surface area contributed by atoms with Gasteiger partial charge in [0.1, 0.15) is 12.4 Å². The quantitative estimate of drug-likeness (QED) is 0.909. The van der Waals surface area contributed by atoms with Crippen molar-refractivity contribution in [2.75, 3.05) is 0 Å². The van der Waals surface area contributed by atoms with E-state index in [9.17, 15) is 0 Å². The molecule has 1 aliphatic rings. The van der Waals surface area contributed by atoms with Gasteiger partial charge in [-0.1, -0.05) is 31.0 Å². The van der Waals surface area contributed by atoms with E-state index in [4.69, 9.17) is 10.5 Å². The van der Waals surface area contributed by atoms with Gasteiger partial charge in [-0.05, 0) is 25.0 Å². The molecule has 3 rings (SSSR count). The van der Waals surface area contributed by atoms with E-state index in [0.717, 1.165) is 17.0 Å². The largest absolute Gasteiger partial charge is 0.487 e. The third-order valence-electron chi connectivity index (χ3n) is 3.93. The summed E-state index contributed by atoms with van der Waals surface area (Å²) in [6, 6.07) is 10.5. The van der Waals surface area contributed by atoms with Crippen molar-refractivity contribution in [3.8, 4) is 5.75 Å². The van der Waals surface area contributed by atoms with Crippen LogP contribution in [0, 0.1) is 0 Å². The summed E-state index contributed by atoms with van der Waals surface area (Å²) < 4.78 is 7.93. The van der Waals surface area contributed by atoms with Crippen molar-refractivity contribution in [1.82, 2.24) is 9.78 Å². The van der Waals surface area contributed by atoms with Crippen molar-refractivity contribution < 1.29 is 4.74 Å². The molecule has 1 aromatic heterocycles. The molecule has 20 heavy (non-hydrogen) atoms. The fraction of sp³-hybridized carbons (Fsp3) is 0.438. The maximum atomic E-state index is 5.83. The molecule has 0 saturated heterocycles. The van der Waals surface area contributed by atoms with Crippen LogP contribution >= 0.6 is 0 Å². The van der Waals surface area contributed by atoms with Crippen molar-refractivity contribution >= 4 is 0 Å². The molecule has 4 nitrogen and oxygen atoms in total. The predicted molar refractivity (Wildman–Crippen MR) is 78.4 cm³/mol. The molecule has 0 spiro atoms. The lowest BCUT2D eigenvalue weighted by Crippen LogP contribution is -2.07. The lowest BCUT2D eigenvalue weighted by atomic mass is 10.2. The maximum Gasteiger partial charge on any atom is 0.132 e. The Balaban J connectivity index is 1.63. The van der Waals surface area contributed by atoms with Gasteiger partial charge in [-0.3, -0.25) is 4.68 Å². The molecule has 1 aliphatic carbocycles. The third kappa shape index (κ3) is 2.85. The number of ether oxygens (including phenoxy) is 1. The summed E-state index contributed by atoms with van der Waals surface area (Å²) in [6.07, 6.45) is 7.21. The van der Waals surface area contributed by atoms with E-state index in [0.29, 0.717) is 19.2 Å². The highest BCUT2D eigenvalue weighted by Crippen LogP contribution is 2.28. The van der Waals surface area contributed by atoms with Crippen LogP contribution in [-0.4, -0.2) is 9.78 Å². The van der Waals surface area contributed by atoms with Gasteiger partial charge in [-0.15, -0.1) is 0 Å². The summed E-state index contributed by atoms with van der Waals surface area (Å²) in [7, 11) is 0. The van der Waals surface area contributed by atoms with E-state index in [-0.39, 0.29) is 0 Å². The molecule has 0 radical (unpaired) electrons. The van der Waals surface area contributed by atoms with E-state index in [1.807, 2.05) is 30.3 Å². The molecule has 0 amide bonds. The van der Waals surface area contributed by atoms with Gasteiger partial charge < -0.3 is 10.5 Å². The van der Waals surface area contributed by atoms with Gasteiger partial charge in [-0.25, -0.2) is 0 Å². The van der Waals surface area contributed by atoms with Crippen LogP contribution in [0.25, 0.3) is 0 Å². The van der Waals surface area contributed by atoms with E-state index in [2.05, 4.69) is 16.0 Å². The molecule has 106 valence electrons. The minimum atomic E-state index is 0.493. The van der Waals surface area contributed by atoms with Crippen LogP contribution in [-0.2, 0) is 13.2 Å². The molecule has 1 saturated carbocycles. The van der Waals surface area contributed by atoms with E-state index >= 15 is 0 Å². The van der Waals surface area contributed by atoms with Gasteiger partial charge in [0.2, 0.25) is 0 Å². The van der Waals surface area contributed by atoms with Crippen molar-refractivity contribution in [3.05, 3.63) is 47.8 Å². The van der Waals surface area contributed by atoms with E-state index in [1.54, 1.807) is 0 Å². The smallest absolute Gasteiger partial charge is 0.132 e. The second-order valence-electron chi connectivity index (χ2n) is 5.33. The Labute approximate surface area is 119 Å². The van der Waals surface area contributed by atoms with Crippen LogP contribution < -0.4 is 10.5 Å². The van der Waals surface area contributed by atoms with Gasteiger partial charge in [-0.2, -0.15) is 5.10 Å². The summed E-state index contributed by atoms with van der Waals surface area (Å²) in [4.78, 5) is 0. The topological polar surface area (TPSA) is 53.1 Å². The van der Waals surface area contributed by atoms with E-state index < -0.39 is 0 Å². The minimum absolute atomic E-state index is 0.493. The standard InChI is InChI=1S/C16H21N3O/c17-11-13-5-1-4-8-16(13)20-12-14-9-10-19(18-14)15-6-2-3-7-15/h1,4-5,8-10,15H,2-3,6-7,11-12,17H2. The van der Waals surface area contributed by atoms with Crippen molar-refractivity contribution in [1.29, 1.82) is 0 Å². The summed E-state index contributed by atoms with van der Waals surface area (Å²) in [5, 5.41) is 4.62. The average Bonchev–Trinajstić information content (AvgIpc) is 3.16. The van der Waals surface area contributed by atoms with Crippen LogP contribution in [0.1, 0.15) is 43.0 Å². The first-order valence-electron chi connectivity index (χ1n) is 7.31. The fourth-order valence-corrected chi connectivity index (χ4v) is 2.79. The molecular formula is C16H21N3O. The minimum Gasteiger partial charge on any atom is -0.487 e. The molecule has 0 aliphatic heterocycles. The maximum absolute atomic E-state index is 5.83. The summed E-state index contributed by atoms with van der Waals surface area (Å²) in [5.41, 5.74) is 7.71.